The molecular weight excluding hydrogens is 411 g/mol. The first-order valence-electron chi connectivity index (χ1n) is 9.58. The fourth-order valence-corrected chi connectivity index (χ4v) is 3.85. The van der Waals surface area contributed by atoms with Crippen molar-refractivity contribution in [3.8, 4) is 5.75 Å². The lowest BCUT2D eigenvalue weighted by Crippen LogP contribution is -2.21. The normalized spacial score (nSPS) is 12.9. The minimum Gasteiger partial charge on any atom is -0.505 e. The van der Waals surface area contributed by atoms with E-state index in [0.717, 1.165) is 28.8 Å². The number of carbonyl (C=O) groups is 2. The molecular formula is C23H22F3NO4. The molecule has 5 nitrogen and oxygen atoms in total. The van der Waals surface area contributed by atoms with Gasteiger partial charge in [0.05, 0.1) is 11.4 Å². The van der Waals surface area contributed by atoms with Crippen molar-refractivity contribution in [2.75, 3.05) is 0 Å². The van der Waals surface area contributed by atoms with Crippen LogP contribution in [-0.2, 0) is 4.79 Å². The lowest BCUT2D eigenvalue weighted by atomic mass is 9.80. The Morgan fingerprint density at radius 2 is 1.71 bits per heavy atom. The van der Waals surface area contributed by atoms with Gasteiger partial charge >= 0.3 is 5.97 Å². The molecule has 0 bridgehead atoms. The van der Waals surface area contributed by atoms with Gasteiger partial charge in [0, 0.05) is 16.6 Å². The Labute approximate surface area is 176 Å². The van der Waals surface area contributed by atoms with Crippen LogP contribution in [-0.4, -0.2) is 26.7 Å². The molecule has 0 saturated carbocycles. The maximum atomic E-state index is 15.0. The predicted octanol–water partition coefficient (Wildman–Crippen LogP) is 5.37. The molecule has 3 rings (SSSR count). The van der Waals surface area contributed by atoms with Crippen LogP contribution in [0.25, 0.3) is 10.9 Å². The van der Waals surface area contributed by atoms with Crippen LogP contribution in [0.3, 0.4) is 0 Å². The molecule has 0 spiro atoms. The number of phenols is 1. The lowest BCUT2D eigenvalue weighted by molar-refractivity contribution is -0.139. The first-order chi connectivity index (χ1) is 14.3. The summed E-state index contributed by atoms with van der Waals surface area (Å²) in [6.45, 7) is 6.95. The molecule has 0 aliphatic heterocycles. The number of hydrogen-bond donors (Lipinski definition) is 2. The lowest BCUT2D eigenvalue weighted by Gasteiger charge is -2.24. The smallest absolute Gasteiger partial charge is 0.311 e. The van der Waals surface area contributed by atoms with Gasteiger partial charge in [-0.05, 0) is 54.7 Å². The third kappa shape index (κ3) is 4.02. The van der Waals surface area contributed by atoms with Gasteiger partial charge in [0.15, 0.2) is 23.2 Å². The highest BCUT2D eigenvalue weighted by Gasteiger charge is 2.34. The van der Waals surface area contributed by atoms with E-state index < -0.39 is 46.4 Å². The van der Waals surface area contributed by atoms with Gasteiger partial charge in [-0.2, -0.15) is 0 Å². The zero-order valence-corrected chi connectivity index (χ0v) is 17.5. The monoisotopic (exact) mass is 433 g/mol. The standard InChI is InChI=1S/C23H22F3NO4/c1-11-18(13(22(30)31)10-23(2,3)4)19-16(7-8-17(28)20(19)26)27(11)21(29)12-5-6-14(24)15(25)9-12/h5-9,13,28H,10H2,1-4H3,(H,30,31). The zero-order chi connectivity index (χ0) is 23.2. The maximum absolute atomic E-state index is 15.0. The third-order valence-electron chi connectivity index (χ3n) is 5.17. The number of carboxylic acid groups (broad SMARTS) is 1. The van der Waals surface area contributed by atoms with Gasteiger partial charge < -0.3 is 10.2 Å². The van der Waals surface area contributed by atoms with E-state index in [4.69, 9.17) is 0 Å². The Morgan fingerprint density at radius 3 is 2.26 bits per heavy atom. The number of nitrogens with zero attached hydrogens (tertiary/aromatic N) is 1. The number of phenolic OH excluding ortho intramolecular Hbond substituents is 1. The molecule has 3 aromatic rings. The number of rotatable bonds is 4. The van der Waals surface area contributed by atoms with Gasteiger partial charge in [-0.25, -0.2) is 13.2 Å². The summed E-state index contributed by atoms with van der Waals surface area (Å²) < 4.78 is 43.1. The number of aliphatic carboxylic acids is 1. The largest absolute Gasteiger partial charge is 0.505 e. The van der Waals surface area contributed by atoms with Gasteiger partial charge in [0.1, 0.15) is 0 Å². The Bertz CT molecular complexity index is 1210. The zero-order valence-electron chi connectivity index (χ0n) is 17.5. The SMILES string of the molecule is Cc1c(C(CC(C)(C)C)C(=O)O)c2c(F)c(O)ccc2n1C(=O)c1ccc(F)c(F)c1. The van der Waals surface area contributed by atoms with Gasteiger partial charge in [0.2, 0.25) is 0 Å². The molecule has 2 N–H and O–H groups in total. The summed E-state index contributed by atoms with van der Waals surface area (Å²) in [7, 11) is 0. The van der Waals surface area contributed by atoms with E-state index >= 15 is 4.39 Å². The number of carbonyl (C=O) groups excluding carboxylic acids is 1. The number of fused-ring (bicyclic) bond motifs is 1. The number of carboxylic acids is 1. The number of hydrogen-bond acceptors (Lipinski definition) is 3. The average Bonchev–Trinajstić information content (AvgIpc) is 2.96. The van der Waals surface area contributed by atoms with E-state index in [0.29, 0.717) is 0 Å². The molecule has 0 radical (unpaired) electrons. The van der Waals surface area contributed by atoms with E-state index in [9.17, 15) is 28.6 Å². The number of aromatic hydroxyl groups is 1. The molecule has 1 aromatic heterocycles. The van der Waals surface area contributed by atoms with Crippen LogP contribution in [0.15, 0.2) is 30.3 Å². The quantitative estimate of drug-likeness (QED) is 0.580. The summed E-state index contributed by atoms with van der Waals surface area (Å²) in [5.74, 6) is -7.24. The number of aromatic nitrogens is 1. The van der Waals surface area contributed by atoms with Crippen molar-refractivity contribution in [2.45, 2.75) is 40.0 Å². The predicted molar refractivity (Wildman–Crippen MR) is 109 cm³/mol. The van der Waals surface area contributed by atoms with E-state index in [-0.39, 0.29) is 34.1 Å². The van der Waals surface area contributed by atoms with Crippen molar-refractivity contribution in [3.05, 3.63) is 64.6 Å². The van der Waals surface area contributed by atoms with Gasteiger partial charge in [-0.1, -0.05) is 20.8 Å². The minimum atomic E-state index is -1.22. The van der Waals surface area contributed by atoms with Crippen LogP contribution in [0.4, 0.5) is 13.2 Å². The maximum Gasteiger partial charge on any atom is 0.311 e. The average molecular weight is 433 g/mol. The Hall–Kier alpha value is -3.29. The molecule has 0 fully saturated rings. The first kappa shape index (κ1) is 22.4. The van der Waals surface area contributed by atoms with Crippen molar-refractivity contribution in [2.24, 2.45) is 5.41 Å². The van der Waals surface area contributed by atoms with Crippen LogP contribution >= 0.6 is 0 Å². The van der Waals surface area contributed by atoms with Crippen molar-refractivity contribution >= 4 is 22.8 Å². The van der Waals surface area contributed by atoms with Crippen molar-refractivity contribution < 1.29 is 33.0 Å². The Morgan fingerprint density at radius 1 is 1.06 bits per heavy atom. The Balaban J connectivity index is 2.35. The molecule has 31 heavy (non-hydrogen) atoms. The first-order valence-corrected chi connectivity index (χ1v) is 9.58. The molecule has 164 valence electrons. The summed E-state index contributed by atoms with van der Waals surface area (Å²) in [6, 6.07) is 4.96. The van der Waals surface area contributed by atoms with E-state index in [1.807, 2.05) is 20.8 Å². The van der Waals surface area contributed by atoms with Crippen LogP contribution in [0, 0.1) is 29.8 Å². The van der Waals surface area contributed by atoms with E-state index in [2.05, 4.69) is 0 Å². The molecule has 0 saturated heterocycles. The van der Waals surface area contributed by atoms with Crippen molar-refractivity contribution in [1.82, 2.24) is 4.57 Å². The number of benzene rings is 2. The molecule has 2 aromatic carbocycles. The summed E-state index contributed by atoms with van der Waals surface area (Å²) in [5.41, 5.74) is -0.409. The highest BCUT2D eigenvalue weighted by atomic mass is 19.2. The molecule has 1 atom stereocenters. The van der Waals surface area contributed by atoms with Crippen LogP contribution in [0.5, 0.6) is 5.75 Å². The molecule has 1 heterocycles. The molecule has 0 amide bonds. The second kappa shape index (κ2) is 7.76. The van der Waals surface area contributed by atoms with Gasteiger partial charge in [-0.15, -0.1) is 0 Å². The van der Waals surface area contributed by atoms with Crippen molar-refractivity contribution in [1.29, 1.82) is 0 Å². The highest BCUT2D eigenvalue weighted by molar-refractivity contribution is 6.05. The van der Waals surface area contributed by atoms with E-state index in [1.165, 1.54) is 13.0 Å². The molecule has 8 heteroatoms. The molecule has 0 aliphatic carbocycles. The topological polar surface area (TPSA) is 79.5 Å². The fraction of sp³-hybridized carbons (Fsp3) is 0.304. The van der Waals surface area contributed by atoms with Gasteiger partial charge in [0.25, 0.3) is 5.91 Å². The second-order valence-electron chi connectivity index (χ2n) is 8.72. The molecule has 1 unspecified atom stereocenters. The molecule has 0 aliphatic rings. The van der Waals surface area contributed by atoms with Crippen LogP contribution in [0.1, 0.15) is 54.7 Å². The summed E-state index contributed by atoms with van der Waals surface area (Å²) in [5, 5.41) is 19.6. The van der Waals surface area contributed by atoms with E-state index in [1.54, 1.807) is 0 Å². The van der Waals surface area contributed by atoms with Crippen LogP contribution in [0.2, 0.25) is 0 Å². The van der Waals surface area contributed by atoms with Crippen molar-refractivity contribution in [3.63, 3.8) is 0 Å². The fourth-order valence-electron chi connectivity index (χ4n) is 3.85. The second-order valence-corrected chi connectivity index (χ2v) is 8.72. The number of halogens is 3. The highest BCUT2D eigenvalue weighted by Crippen LogP contribution is 2.41. The summed E-state index contributed by atoms with van der Waals surface area (Å²) in [6.07, 6.45) is 0.136. The minimum absolute atomic E-state index is 0.0256. The third-order valence-corrected chi connectivity index (χ3v) is 5.17. The Kier molecular flexibility index (Phi) is 5.60. The van der Waals surface area contributed by atoms with Crippen LogP contribution < -0.4 is 0 Å². The summed E-state index contributed by atoms with van der Waals surface area (Å²) in [4.78, 5) is 25.3. The summed E-state index contributed by atoms with van der Waals surface area (Å²) >= 11 is 0. The van der Waals surface area contributed by atoms with Gasteiger partial charge in [-0.3, -0.25) is 14.2 Å².